The number of allylic oxidation sites excluding steroid dienone is 1. The van der Waals surface area contributed by atoms with Crippen molar-refractivity contribution in [3.05, 3.63) is 66.3 Å². The van der Waals surface area contributed by atoms with Crippen molar-refractivity contribution in [2.45, 2.75) is 0 Å². The van der Waals surface area contributed by atoms with Crippen LogP contribution >= 0.6 is 0 Å². The van der Waals surface area contributed by atoms with Gasteiger partial charge < -0.3 is 28.8 Å². The normalized spacial score (nSPS) is 10.7. The molecule has 0 unspecified atom stereocenters. The summed E-state index contributed by atoms with van der Waals surface area (Å²) in [7, 11) is 3.00. The summed E-state index contributed by atoms with van der Waals surface area (Å²) in [5, 5.41) is 10.4. The average molecular weight is 400 g/mol. The Kier molecular flexibility index (Phi) is 8.75. The van der Waals surface area contributed by atoms with Gasteiger partial charge in [-0.1, -0.05) is 30.9 Å². The summed E-state index contributed by atoms with van der Waals surface area (Å²) >= 11 is 0. The Hall–Kier alpha value is -3.29. The van der Waals surface area contributed by atoms with Gasteiger partial charge in [-0.25, -0.2) is 0 Å². The number of phenols is 1. The number of aromatic hydroxyl groups is 1. The molecule has 0 aliphatic rings. The lowest BCUT2D eigenvalue weighted by Gasteiger charge is -2.13. The molecule has 2 rings (SSSR count). The standard InChI is InChI=1S/C22H24O7/c1-4-11-27-21-13-17(28-14-25-2)12-19(24)22(21)18(23)10-9-16-7-5-6-8-20(16)29-15-26-3/h4-10,12-13,24H,1,11,14-15H2,2-3H3. The SMILES string of the molecule is C=CCOc1cc(OCOC)cc(O)c1C(=O)C=Cc1ccccc1OCOC. The zero-order chi connectivity index (χ0) is 21.1. The van der Waals surface area contributed by atoms with Gasteiger partial charge in [-0.15, -0.1) is 0 Å². The maximum Gasteiger partial charge on any atom is 0.193 e. The quantitative estimate of drug-likeness (QED) is 0.251. The number of carbonyl (C=O) groups is 1. The zero-order valence-electron chi connectivity index (χ0n) is 16.4. The molecule has 0 saturated carbocycles. The third-order valence-electron chi connectivity index (χ3n) is 3.67. The fraction of sp³-hybridized carbons (Fsp3) is 0.227. The Morgan fingerprint density at radius 1 is 1.03 bits per heavy atom. The first-order valence-corrected chi connectivity index (χ1v) is 8.76. The molecule has 0 aliphatic carbocycles. The van der Waals surface area contributed by atoms with Gasteiger partial charge in [-0.05, 0) is 18.2 Å². The molecule has 0 aromatic heterocycles. The molecular formula is C22H24O7. The Morgan fingerprint density at radius 3 is 2.48 bits per heavy atom. The monoisotopic (exact) mass is 400 g/mol. The molecule has 0 aliphatic heterocycles. The van der Waals surface area contributed by atoms with E-state index in [1.54, 1.807) is 18.2 Å². The zero-order valence-corrected chi connectivity index (χ0v) is 16.4. The van der Waals surface area contributed by atoms with Crippen molar-refractivity contribution in [3.63, 3.8) is 0 Å². The second kappa shape index (κ2) is 11.5. The first-order chi connectivity index (χ1) is 14.1. The molecular weight excluding hydrogens is 376 g/mol. The average Bonchev–Trinajstić information content (AvgIpc) is 2.73. The molecule has 0 spiro atoms. The molecule has 2 aromatic rings. The second-order valence-corrected chi connectivity index (χ2v) is 5.75. The predicted molar refractivity (Wildman–Crippen MR) is 109 cm³/mol. The summed E-state index contributed by atoms with van der Waals surface area (Å²) in [6.45, 7) is 3.83. The van der Waals surface area contributed by atoms with E-state index in [0.29, 0.717) is 17.1 Å². The number of ketones is 1. The van der Waals surface area contributed by atoms with Crippen LogP contribution in [0.25, 0.3) is 6.08 Å². The van der Waals surface area contributed by atoms with E-state index in [-0.39, 0.29) is 37.3 Å². The lowest BCUT2D eigenvalue weighted by molar-refractivity contribution is 0.0507. The van der Waals surface area contributed by atoms with Gasteiger partial charge in [0.05, 0.1) is 0 Å². The number of methoxy groups -OCH3 is 2. The van der Waals surface area contributed by atoms with Crippen LogP contribution in [-0.2, 0) is 9.47 Å². The van der Waals surface area contributed by atoms with E-state index >= 15 is 0 Å². The molecule has 0 amide bonds. The number of rotatable bonds is 12. The third kappa shape index (κ3) is 6.38. The number of para-hydroxylation sites is 1. The molecule has 2 aromatic carbocycles. The van der Waals surface area contributed by atoms with Crippen LogP contribution in [-0.4, -0.2) is 45.3 Å². The van der Waals surface area contributed by atoms with E-state index in [4.69, 9.17) is 23.7 Å². The highest BCUT2D eigenvalue weighted by molar-refractivity contribution is 6.10. The predicted octanol–water partition coefficient (Wildman–Crippen LogP) is 3.82. The minimum absolute atomic E-state index is 0.00814. The summed E-state index contributed by atoms with van der Waals surface area (Å²) in [5.41, 5.74) is 0.703. The first-order valence-electron chi connectivity index (χ1n) is 8.76. The Balaban J connectivity index is 2.31. The van der Waals surface area contributed by atoms with Gasteiger partial charge in [0.2, 0.25) is 0 Å². The van der Waals surface area contributed by atoms with Crippen LogP contribution < -0.4 is 14.2 Å². The summed E-state index contributed by atoms with van der Waals surface area (Å²) in [6, 6.07) is 10.0. The van der Waals surface area contributed by atoms with Crippen LogP contribution in [0.3, 0.4) is 0 Å². The lowest BCUT2D eigenvalue weighted by atomic mass is 10.1. The second-order valence-electron chi connectivity index (χ2n) is 5.75. The number of hydrogen-bond donors (Lipinski definition) is 1. The van der Waals surface area contributed by atoms with Crippen molar-refractivity contribution in [2.75, 3.05) is 34.4 Å². The maximum absolute atomic E-state index is 12.8. The van der Waals surface area contributed by atoms with Gasteiger partial charge in [0, 0.05) is 31.9 Å². The minimum Gasteiger partial charge on any atom is -0.507 e. The molecule has 154 valence electrons. The molecule has 0 bridgehead atoms. The summed E-state index contributed by atoms with van der Waals surface area (Å²) in [4.78, 5) is 12.8. The Labute approximate surface area is 169 Å². The van der Waals surface area contributed by atoms with Crippen molar-refractivity contribution in [1.29, 1.82) is 0 Å². The number of ether oxygens (including phenoxy) is 5. The van der Waals surface area contributed by atoms with Crippen LogP contribution in [0.15, 0.2) is 55.1 Å². The Bertz CT molecular complexity index is 858. The largest absolute Gasteiger partial charge is 0.507 e. The van der Waals surface area contributed by atoms with Gasteiger partial charge in [0.25, 0.3) is 0 Å². The van der Waals surface area contributed by atoms with Crippen molar-refractivity contribution in [2.24, 2.45) is 0 Å². The van der Waals surface area contributed by atoms with Crippen LogP contribution in [0.2, 0.25) is 0 Å². The van der Waals surface area contributed by atoms with E-state index in [1.807, 2.05) is 12.1 Å². The summed E-state index contributed by atoms with van der Waals surface area (Å²) in [5.74, 6) is 0.337. The van der Waals surface area contributed by atoms with Crippen molar-refractivity contribution in [3.8, 4) is 23.0 Å². The fourth-order valence-electron chi connectivity index (χ4n) is 2.42. The van der Waals surface area contributed by atoms with Crippen LogP contribution in [0.5, 0.6) is 23.0 Å². The molecule has 1 N–H and O–H groups in total. The highest BCUT2D eigenvalue weighted by atomic mass is 16.7. The molecule has 7 nitrogen and oxygen atoms in total. The molecule has 0 fully saturated rings. The number of carbonyl (C=O) groups excluding carboxylic acids is 1. The van der Waals surface area contributed by atoms with E-state index in [2.05, 4.69) is 6.58 Å². The van der Waals surface area contributed by atoms with E-state index in [9.17, 15) is 9.90 Å². The third-order valence-corrected chi connectivity index (χ3v) is 3.67. The molecule has 0 heterocycles. The van der Waals surface area contributed by atoms with Gasteiger partial charge >= 0.3 is 0 Å². The van der Waals surface area contributed by atoms with Crippen LogP contribution in [0, 0.1) is 0 Å². The number of phenolic OH excluding ortho intramolecular Hbond substituents is 1. The summed E-state index contributed by atoms with van der Waals surface area (Å²) < 4.78 is 26.1. The highest BCUT2D eigenvalue weighted by Crippen LogP contribution is 2.34. The minimum atomic E-state index is -0.443. The number of benzene rings is 2. The number of hydrogen-bond acceptors (Lipinski definition) is 7. The molecule has 0 radical (unpaired) electrons. The van der Waals surface area contributed by atoms with Crippen molar-refractivity contribution < 1.29 is 33.6 Å². The van der Waals surface area contributed by atoms with E-state index < -0.39 is 5.78 Å². The van der Waals surface area contributed by atoms with Crippen LogP contribution in [0.4, 0.5) is 0 Å². The molecule has 0 saturated heterocycles. The van der Waals surface area contributed by atoms with Gasteiger partial charge in [0.15, 0.2) is 19.4 Å². The molecule has 7 heteroatoms. The maximum atomic E-state index is 12.8. The van der Waals surface area contributed by atoms with Crippen LogP contribution in [0.1, 0.15) is 15.9 Å². The highest BCUT2D eigenvalue weighted by Gasteiger charge is 2.18. The van der Waals surface area contributed by atoms with E-state index in [0.717, 1.165) is 0 Å². The van der Waals surface area contributed by atoms with Crippen molar-refractivity contribution >= 4 is 11.9 Å². The topological polar surface area (TPSA) is 83.5 Å². The first kappa shape index (κ1) is 22.0. The fourth-order valence-corrected chi connectivity index (χ4v) is 2.42. The molecule has 29 heavy (non-hydrogen) atoms. The van der Waals surface area contributed by atoms with Gasteiger partial charge in [-0.2, -0.15) is 0 Å². The van der Waals surface area contributed by atoms with E-state index in [1.165, 1.54) is 38.5 Å². The Morgan fingerprint density at radius 2 is 1.76 bits per heavy atom. The smallest absolute Gasteiger partial charge is 0.193 e. The molecule has 0 atom stereocenters. The summed E-state index contributed by atoms with van der Waals surface area (Å²) in [6.07, 6.45) is 4.47. The van der Waals surface area contributed by atoms with Gasteiger partial charge in [0.1, 0.15) is 35.2 Å². The lowest BCUT2D eigenvalue weighted by Crippen LogP contribution is -2.05. The van der Waals surface area contributed by atoms with Crippen molar-refractivity contribution in [1.82, 2.24) is 0 Å². The van der Waals surface area contributed by atoms with Gasteiger partial charge in [-0.3, -0.25) is 4.79 Å².